The Kier molecular flexibility index (Phi) is 13.4. The molecule has 5 rings (SSSR count). The maximum absolute atomic E-state index is 2.99. The quantitative estimate of drug-likeness (QED) is 0.274. The first-order chi connectivity index (χ1) is 15.6. The van der Waals surface area contributed by atoms with Crippen LogP contribution >= 0.6 is 0 Å². The molecule has 1 fully saturated rings. The van der Waals surface area contributed by atoms with Crippen LogP contribution in [0.5, 0.6) is 0 Å². The van der Waals surface area contributed by atoms with Crippen molar-refractivity contribution in [2.75, 3.05) is 0 Å². The molecule has 0 aromatic heterocycles. The van der Waals surface area contributed by atoms with Gasteiger partial charge in [-0.2, -0.15) is 6.08 Å². The fourth-order valence-electron chi connectivity index (χ4n) is 4.27. The van der Waals surface area contributed by atoms with Crippen LogP contribution in [0.3, 0.4) is 0 Å². The van der Waals surface area contributed by atoms with Gasteiger partial charge in [-0.25, -0.2) is 12.2 Å². The van der Waals surface area contributed by atoms with Crippen molar-refractivity contribution < 1.29 is 48.1 Å². The van der Waals surface area contributed by atoms with E-state index < -0.39 is 0 Å². The Labute approximate surface area is 241 Å². The van der Waals surface area contributed by atoms with Gasteiger partial charge in [0.05, 0.1) is 0 Å². The summed E-state index contributed by atoms with van der Waals surface area (Å²) in [4.78, 5) is 0. The topological polar surface area (TPSA) is 0 Å². The predicted molar refractivity (Wildman–Crippen MR) is 145 cm³/mol. The number of hydrogen-bond donors (Lipinski definition) is 0. The molecule has 0 nitrogen and oxygen atoms in total. The predicted octanol–water partition coefficient (Wildman–Crippen LogP) is 3.33. The number of fused-ring (bicyclic) bond motifs is 3. The molecular weight excluding hydrogens is 563 g/mol. The van der Waals surface area contributed by atoms with E-state index in [0.717, 1.165) is 6.42 Å². The van der Waals surface area contributed by atoms with E-state index in [-0.39, 0.29) is 35.6 Å². The SMILES string of the molecule is CC(C)(C)c1ccc2c(c1)[cH-]c1cc(C(C)(C)C)ccc12.[C-]1=CC=CC1.[Cl-].[Cl-].[Zr+2]=[Si]1CCCCC1. The van der Waals surface area contributed by atoms with Gasteiger partial charge < -0.3 is 24.8 Å². The van der Waals surface area contributed by atoms with Crippen molar-refractivity contribution in [3.8, 4) is 0 Å². The van der Waals surface area contributed by atoms with Gasteiger partial charge in [-0.1, -0.05) is 76.9 Å². The molecular formula is C31H40Cl2SiZr-2. The Bertz CT molecular complexity index is 1070. The summed E-state index contributed by atoms with van der Waals surface area (Å²) in [6.45, 7) is 13.6. The molecule has 0 radical (unpaired) electrons. The van der Waals surface area contributed by atoms with Gasteiger partial charge in [0, 0.05) is 0 Å². The molecule has 0 amide bonds. The summed E-state index contributed by atoms with van der Waals surface area (Å²) in [5.41, 5.74) is 3.51. The number of rotatable bonds is 0. The number of allylic oxidation sites excluding steroid dienone is 4. The van der Waals surface area contributed by atoms with E-state index in [2.05, 4.69) is 96.2 Å². The van der Waals surface area contributed by atoms with Gasteiger partial charge in [0.15, 0.2) is 0 Å². The second-order valence-corrected chi connectivity index (χ2v) is 18.8. The minimum atomic E-state index is 0. The van der Waals surface area contributed by atoms with Crippen LogP contribution in [0, 0.1) is 6.08 Å². The summed E-state index contributed by atoms with van der Waals surface area (Å²) in [7, 11) is 0. The van der Waals surface area contributed by atoms with E-state index in [1.165, 1.54) is 39.1 Å². The Morgan fingerprint density at radius 2 is 1.26 bits per heavy atom. The first-order valence-electron chi connectivity index (χ1n) is 12.5. The van der Waals surface area contributed by atoms with Gasteiger partial charge in [-0.05, 0) is 10.8 Å². The average Bonchev–Trinajstić information content (AvgIpc) is 3.44. The molecule has 3 aromatic carbocycles. The van der Waals surface area contributed by atoms with Crippen LogP contribution in [-0.4, -0.2) is 5.43 Å². The van der Waals surface area contributed by atoms with Crippen LogP contribution < -0.4 is 24.8 Å². The molecule has 1 aliphatic carbocycles. The van der Waals surface area contributed by atoms with E-state index in [4.69, 9.17) is 0 Å². The molecule has 0 spiro atoms. The molecule has 0 saturated carbocycles. The van der Waals surface area contributed by atoms with Gasteiger partial charge in [-0.3, -0.25) is 6.08 Å². The average molecular weight is 603 g/mol. The summed E-state index contributed by atoms with van der Waals surface area (Å²) in [5.74, 6) is 0. The molecule has 0 unspecified atom stereocenters. The zero-order valence-electron chi connectivity index (χ0n) is 22.3. The Morgan fingerprint density at radius 1 is 0.771 bits per heavy atom. The molecule has 1 heterocycles. The van der Waals surface area contributed by atoms with Crippen LogP contribution in [0.2, 0.25) is 12.1 Å². The molecule has 0 atom stereocenters. The van der Waals surface area contributed by atoms with Crippen molar-refractivity contribution in [2.45, 2.75) is 90.1 Å². The Hall–Kier alpha value is -0.530. The first kappa shape index (κ1) is 32.5. The minimum absolute atomic E-state index is 0. The third kappa shape index (κ3) is 9.70. The van der Waals surface area contributed by atoms with E-state index in [1.807, 2.05) is 35.5 Å². The van der Waals surface area contributed by atoms with Crippen LogP contribution in [0.25, 0.3) is 21.5 Å². The van der Waals surface area contributed by atoms with Gasteiger partial charge in [0.1, 0.15) is 0 Å². The second-order valence-electron chi connectivity index (χ2n) is 11.4. The number of benzene rings is 2. The van der Waals surface area contributed by atoms with Crippen molar-refractivity contribution in [3.05, 3.63) is 77.9 Å². The number of halogens is 2. The van der Waals surface area contributed by atoms with Crippen molar-refractivity contribution in [2.24, 2.45) is 0 Å². The van der Waals surface area contributed by atoms with Crippen LogP contribution in [0.1, 0.15) is 78.4 Å². The molecule has 3 aromatic rings. The normalized spacial score (nSPS) is 15.0. The summed E-state index contributed by atoms with van der Waals surface area (Å²) in [5, 5.41) is 5.48. The van der Waals surface area contributed by atoms with Gasteiger partial charge in [-0.15, -0.1) is 46.2 Å². The van der Waals surface area contributed by atoms with Crippen molar-refractivity contribution in [3.63, 3.8) is 0 Å². The van der Waals surface area contributed by atoms with Gasteiger partial charge in [0.2, 0.25) is 0 Å². The van der Waals surface area contributed by atoms with Crippen molar-refractivity contribution in [1.29, 1.82) is 0 Å². The van der Waals surface area contributed by atoms with Crippen LogP contribution in [0.4, 0.5) is 0 Å². The van der Waals surface area contributed by atoms with E-state index in [9.17, 15) is 0 Å². The zero-order chi connectivity index (χ0) is 24.1. The molecule has 0 N–H and O–H groups in total. The first-order valence-corrected chi connectivity index (χ1v) is 18.1. The van der Waals surface area contributed by atoms with Crippen LogP contribution in [0.15, 0.2) is 60.7 Å². The number of hydrogen-bond acceptors (Lipinski definition) is 0. The Balaban J connectivity index is 0.000000360. The second kappa shape index (κ2) is 14.4. The van der Waals surface area contributed by atoms with Gasteiger partial charge >= 0.3 is 60.1 Å². The third-order valence-electron chi connectivity index (χ3n) is 6.48. The summed E-state index contributed by atoms with van der Waals surface area (Å²) in [6, 6.07) is 19.4. The Morgan fingerprint density at radius 3 is 1.54 bits per heavy atom. The maximum atomic E-state index is 2.99. The van der Waals surface area contributed by atoms with Gasteiger partial charge in [0.25, 0.3) is 0 Å². The van der Waals surface area contributed by atoms with E-state index >= 15 is 0 Å². The summed E-state index contributed by atoms with van der Waals surface area (Å²) in [6.07, 6.45) is 14.6. The fourth-order valence-corrected chi connectivity index (χ4v) is 8.48. The third-order valence-corrected chi connectivity index (χ3v) is 12.1. The zero-order valence-corrected chi connectivity index (χ0v) is 27.2. The molecule has 2 aliphatic rings. The summed E-state index contributed by atoms with van der Waals surface area (Å²) >= 11 is 1.87. The van der Waals surface area contributed by atoms with Crippen LogP contribution in [-0.2, 0) is 34.2 Å². The monoisotopic (exact) mass is 600 g/mol. The molecule has 1 saturated heterocycles. The molecule has 4 heteroatoms. The van der Waals surface area contributed by atoms with E-state index in [0.29, 0.717) is 5.43 Å². The van der Waals surface area contributed by atoms with E-state index in [1.54, 1.807) is 24.9 Å². The van der Waals surface area contributed by atoms with Crippen molar-refractivity contribution in [1.82, 2.24) is 0 Å². The summed E-state index contributed by atoms with van der Waals surface area (Å²) < 4.78 is 0. The molecule has 188 valence electrons. The molecule has 35 heavy (non-hydrogen) atoms. The fraction of sp³-hybridized carbons (Fsp3) is 0.452. The molecule has 0 bridgehead atoms. The standard InChI is InChI=1S/C21H25.C5H10Si.C5H5.2ClH.Zr/c1-20(2,3)16-7-9-18-14(12-16)11-15-13-17(21(4,5)6)8-10-19(15)18;1-2-4-6-5-3-1;1-2-4-5-3-1;;;/h7-13H,1-6H3;1-5H2;1-3H,4H2;2*1H;/q-1;;-1;;;+2/p-2. The van der Waals surface area contributed by atoms with Crippen molar-refractivity contribution >= 4 is 27.0 Å². The molecule has 1 aliphatic heterocycles.